The van der Waals surface area contributed by atoms with Crippen molar-refractivity contribution in [2.45, 2.75) is 32.0 Å². The standard InChI is InChI=1S/C7H14BN2.C2H6/c1-10-3-2-8-6-4-9-5-7(6)10;1-2/h6-7,9H,2-5H2,1H3;1-2H3. The lowest BCUT2D eigenvalue weighted by Crippen LogP contribution is -2.42. The summed E-state index contributed by atoms with van der Waals surface area (Å²) in [6.07, 6.45) is 1.28. The molecule has 2 nitrogen and oxygen atoms in total. The van der Waals surface area contributed by atoms with E-state index in [2.05, 4.69) is 24.5 Å². The van der Waals surface area contributed by atoms with Crippen molar-refractivity contribution in [1.82, 2.24) is 10.2 Å². The van der Waals surface area contributed by atoms with Gasteiger partial charge in [0.05, 0.1) is 0 Å². The Labute approximate surface area is 76.9 Å². The number of nitrogens with one attached hydrogen (secondary N) is 1. The van der Waals surface area contributed by atoms with E-state index < -0.39 is 0 Å². The predicted molar refractivity (Wildman–Crippen MR) is 54.9 cm³/mol. The molecule has 2 saturated heterocycles. The Hall–Kier alpha value is -0.0151. The number of hydrogen-bond donors (Lipinski definition) is 1. The van der Waals surface area contributed by atoms with Gasteiger partial charge < -0.3 is 10.2 Å². The molecule has 0 amide bonds. The van der Waals surface area contributed by atoms with Crippen LogP contribution in [0.4, 0.5) is 0 Å². The lowest BCUT2D eigenvalue weighted by molar-refractivity contribution is 0.257. The average molecular weight is 167 g/mol. The van der Waals surface area contributed by atoms with Crippen molar-refractivity contribution in [1.29, 1.82) is 0 Å². The van der Waals surface area contributed by atoms with Crippen LogP contribution in [0.2, 0.25) is 12.1 Å². The largest absolute Gasteiger partial charge is 0.316 e. The van der Waals surface area contributed by atoms with Crippen LogP contribution >= 0.6 is 0 Å². The van der Waals surface area contributed by atoms with Crippen molar-refractivity contribution >= 4 is 7.28 Å². The predicted octanol–water partition coefficient (Wildman–Crippen LogP) is 0.841. The first-order valence-electron chi connectivity index (χ1n) is 5.12. The molecular weight excluding hydrogens is 147 g/mol. The van der Waals surface area contributed by atoms with Gasteiger partial charge >= 0.3 is 0 Å². The van der Waals surface area contributed by atoms with Crippen LogP contribution in [-0.4, -0.2) is 44.9 Å². The number of fused-ring (bicyclic) bond motifs is 1. The van der Waals surface area contributed by atoms with Gasteiger partial charge in [-0.3, -0.25) is 0 Å². The van der Waals surface area contributed by atoms with Gasteiger partial charge in [0.2, 0.25) is 0 Å². The molecule has 0 aliphatic carbocycles. The first-order valence-corrected chi connectivity index (χ1v) is 5.12. The molecule has 0 spiro atoms. The molecular formula is C9H20BN2. The van der Waals surface area contributed by atoms with Crippen LogP contribution in [0.1, 0.15) is 13.8 Å². The van der Waals surface area contributed by atoms with Crippen LogP contribution in [0, 0.1) is 0 Å². The molecule has 0 aromatic rings. The Morgan fingerprint density at radius 1 is 1.33 bits per heavy atom. The van der Waals surface area contributed by atoms with Crippen molar-refractivity contribution in [2.75, 3.05) is 26.7 Å². The van der Waals surface area contributed by atoms with Gasteiger partial charge in [-0.25, -0.2) is 0 Å². The zero-order valence-electron chi connectivity index (χ0n) is 8.51. The van der Waals surface area contributed by atoms with Gasteiger partial charge in [0.15, 0.2) is 0 Å². The maximum atomic E-state index is 3.42. The Morgan fingerprint density at radius 3 is 2.75 bits per heavy atom. The van der Waals surface area contributed by atoms with Gasteiger partial charge in [-0.2, -0.15) is 0 Å². The van der Waals surface area contributed by atoms with Crippen molar-refractivity contribution < 1.29 is 0 Å². The lowest BCUT2D eigenvalue weighted by atomic mass is 9.57. The SMILES string of the molecule is CC.CN1CC[B]C2CNCC21. The topological polar surface area (TPSA) is 15.3 Å². The molecule has 2 aliphatic heterocycles. The maximum absolute atomic E-state index is 3.42. The minimum Gasteiger partial charge on any atom is -0.316 e. The third-order valence-corrected chi connectivity index (χ3v) is 2.75. The van der Waals surface area contributed by atoms with Gasteiger partial charge in [0.1, 0.15) is 7.28 Å². The summed E-state index contributed by atoms with van der Waals surface area (Å²) < 4.78 is 0. The summed E-state index contributed by atoms with van der Waals surface area (Å²) in [6, 6.07) is 0.800. The van der Waals surface area contributed by atoms with E-state index in [9.17, 15) is 0 Å². The fourth-order valence-electron chi connectivity index (χ4n) is 2.07. The van der Waals surface area contributed by atoms with E-state index in [-0.39, 0.29) is 0 Å². The number of hydrogen-bond acceptors (Lipinski definition) is 2. The minimum absolute atomic E-state index is 0.800. The summed E-state index contributed by atoms with van der Waals surface area (Å²) in [4.78, 5) is 2.48. The monoisotopic (exact) mass is 167 g/mol. The molecule has 1 N–H and O–H groups in total. The molecule has 2 rings (SSSR count). The molecule has 0 saturated carbocycles. The van der Waals surface area contributed by atoms with E-state index in [1.807, 2.05) is 13.8 Å². The Kier molecular flexibility index (Phi) is 4.09. The van der Waals surface area contributed by atoms with E-state index in [4.69, 9.17) is 0 Å². The smallest absolute Gasteiger partial charge is 0.119 e. The van der Waals surface area contributed by atoms with Crippen LogP contribution in [-0.2, 0) is 0 Å². The highest BCUT2D eigenvalue weighted by Gasteiger charge is 2.32. The first-order chi connectivity index (χ1) is 5.88. The van der Waals surface area contributed by atoms with Crippen LogP contribution in [0.5, 0.6) is 0 Å². The van der Waals surface area contributed by atoms with Gasteiger partial charge in [-0.1, -0.05) is 20.2 Å². The summed E-state index contributed by atoms with van der Waals surface area (Å²) in [5, 5.41) is 3.42. The minimum atomic E-state index is 0.800. The highest BCUT2D eigenvalue weighted by Crippen LogP contribution is 2.24. The average Bonchev–Trinajstić information content (AvgIpc) is 2.57. The molecule has 2 heterocycles. The van der Waals surface area contributed by atoms with Crippen molar-refractivity contribution in [3.05, 3.63) is 0 Å². The number of rotatable bonds is 0. The third kappa shape index (κ3) is 2.02. The molecule has 2 unspecified atom stereocenters. The second kappa shape index (κ2) is 4.88. The molecule has 2 atom stereocenters. The zero-order chi connectivity index (χ0) is 8.97. The molecule has 12 heavy (non-hydrogen) atoms. The van der Waals surface area contributed by atoms with Gasteiger partial charge in [0, 0.05) is 12.6 Å². The van der Waals surface area contributed by atoms with Crippen LogP contribution in [0.25, 0.3) is 0 Å². The fraction of sp³-hybridized carbons (Fsp3) is 1.00. The normalized spacial score (nSPS) is 34.6. The highest BCUT2D eigenvalue weighted by atomic mass is 15.2. The van der Waals surface area contributed by atoms with Crippen LogP contribution < -0.4 is 5.32 Å². The maximum Gasteiger partial charge on any atom is 0.119 e. The van der Waals surface area contributed by atoms with Gasteiger partial charge in [-0.05, 0) is 26.0 Å². The Morgan fingerprint density at radius 2 is 2.08 bits per heavy atom. The van der Waals surface area contributed by atoms with Crippen LogP contribution in [0.15, 0.2) is 0 Å². The van der Waals surface area contributed by atoms with E-state index in [1.54, 1.807) is 0 Å². The molecule has 1 radical (unpaired) electrons. The lowest BCUT2D eigenvalue weighted by Gasteiger charge is -2.33. The summed E-state index contributed by atoms with van der Waals surface area (Å²) in [5.74, 6) is 0.832. The molecule has 69 valence electrons. The second-order valence-corrected chi connectivity index (χ2v) is 3.39. The van der Waals surface area contributed by atoms with Gasteiger partial charge in [-0.15, -0.1) is 0 Å². The summed E-state index contributed by atoms with van der Waals surface area (Å²) >= 11 is 0. The fourth-order valence-corrected chi connectivity index (χ4v) is 2.07. The van der Waals surface area contributed by atoms with Crippen molar-refractivity contribution in [2.24, 2.45) is 0 Å². The molecule has 2 fully saturated rings. The highest BCUT2D eigenvalue weighted by molar-refractivity contribution is 6.38. The number of nitrogens with zero attached hydrogens (tertiary/aromatic N) is 1. The van der Waals surface area contributed by atoms with E-state index in [1.165, 1.54) is 26.0 Å². The summed E-state index contributed by atoms with van der Waals surface area (Å²) in [6.45, 7) is 7.65. The van der Waals surface area contributed by atoms with Crippen LogP contribution in [0.3, 0.4) is 0 Å². The first kappa shape index (κ1) is 10.1. The molecule has 0 aromatic carbocycles. The molecule has 0 bridgehead atoms. The van der Waals surface area contributed by atoms with Crippen molar-refractivity contribution in [3.63, 3.8) is 0 Å². The van der Waals surface area contributed by atoms with E-state index in [0.29, 0.717) is 0 Å². The summed E-state index contributed by atoms with van der Waals surface area (Å²) in [5.41, 5.74) is 0. The second-order valence-electron chi connectivity index (χ2n) is 3.39. The van der Waals surface area contributed by atoms with Crippen molar-refractivity contribution in [3.8, 4) is 0 Å². The molecule has 2 aliphatic rings. The zero-order valence-corrected chi connectivity index (χ0v) is 8.51. The quantitative estimate of drug-likeness (QED) is 0.538. The Bertz CT molecular complexity index is 130. The molecule has 3 heteroatoms. The summed E-state index contributed by atoms with van der Waals surface area (Å²) in [7, 11) is 4.71. The van der Waals surface area contributed by atoms with E-state index in [0.717, 1.165) is 11.9 Å². The number of likely N-dealkylation sites (N-methyl/N-ethyl adjacent to an activating group) is 1. The third-order valence-electron chi connectivity index (χ3n) is 2.75. The van der Waals surface area contributed by atoms with E-state index >= 15 is 0 Å². The molecule has 0 aromatic heterocycles. The Balaban J connectivity index is 0.000000336. The van der Waals surface area contributed by atoms with Gasteiger partial charge in [0.25, 0.3) is 0 Å².